The van der Waals surface area contributed by atoms with E-state index in [1.807, 2.05) is 30.3 Å². The monoisotopic (exact) mass is 584 g/mol. The molecule has 0 radical (unpaired) electrons. The van der Waals surface area contributed by atoms with Gasteiger partial charge in [-0.25, -0.2) is 4.79 Å². The minimum atomic E-state index is -1.94. The number of Topliss-reactive ketones (excluding diaryl/α,β-unsaturated/α-hetero) is 1. The number of carbonyl (C=O) groups excluding carboxylic acids is 1. The van der Waals surface area contributed by atoms with Crippen LogP contribution in [0.4, 0.5) is 0 Å². The molecule has 230 valence electrons. The minimum Gasteiger partial charge on any atom is -0.497 e. The van der Waals surface area contributed by atoms with Gasteiger partial charge < -0.3 is 33.5 Å². The van der Waals surface area contributed by atoms with Crippen LogP contribution in [0.5, 0.6) is 11.5 Å². The van der Waals surface area contributed by atoms with Crippen molar-refractivity contribution in [2.45, 2.75) is 89.0 Å². The minimum absolute atomic E-state index is 0.0608. The quantitative estimate of drug-likeness (QED) is 0.115. The second kappa shape index (κ2) is 16.6. The molecule has 2 unspecified atom stereocenters. The molecule has 2 aliphatic heterocycles. The van der Waals surface area contributed by atoms with E-state index < -0.39 is 24.3 Å². The Kier molecular flexibility index (Phi) is 12.7. The predicted molar refractivity (Wildman–Crippen MR) is 155 cm³/mol. The maximum absolute atomic E-state index is 12.6. The van der Waals surface area contributed by atoms with Crippen molar-refractivity contribution < 1.29 is 43.1 Å². The van der Waals surface area contributed by atoms with Crippen LogP contribution in [0.15, 0.2) is 54.3 Å². The average Bonchev–Trinajstić information content (AvgIpc) is 3.36. The molecule has 3 aliphatic rings. The Hall–Kier alpha value is -2.94. The highest BCUT2D eigenvalue weighted by Gasteiger charge is 2.46. The van der Waals surface area contributed by atoms with Crippen molar-refractivity contribution in [3.8, 4) is 11.5 Å². The highest BCUT2D eigenvalue weighted by atomic mass is 16.8. The molecule has 9 heteroatoms. The Morgan fingerprint density at radius 1 is 1.00 bits per heavy atom. The lowest BCUT2D eigenvalue weighted by Crippen LogP contribution is -2.50. The normalized spacial score (nSPS) is 25.9. The highest BCUT2D eigenvalue weighted by Crippen LogP contribution is 2.33. The Morgan fingerprint density at radius 2 is 1.67 bits per heavy atom. The van der Waals surface area contributed by atoms with Gasteiger partial charge in [-0.1, -0.05) is 12.2 Å². The van der Waals surface area contributed by atoms with Gasteiger partial charge in [0.2, 0.25) is 0 Å². The Labute approximate surface area is 248 Å². The van der Waals surface area contributed by atoms with Crippen LogP contribution in [-0.2, 0) is 28.5 Å². The third-order valence-corrected chi connectivity index (χ3v) is 7.87. The summed E-state index contributed by atoms with van der Waals surface area (Å²) in [6.07, 6.45) is 13.8. The van der Waals surface area contributed by atoms with Gasteiger partial charge in [-0.05, 0) is 100 Å². The summed E-state index contributed by atoms with van der Waals surface area (Å²) in [5.74, 6) is -1.30. The van der Waals surface area contributed by atoms with Gasteiger partial charge in [0.25, 0.3) is 5.79 Å². The molecule has 1 N–H and O–H groups in total. The number of rotatable bonds is 15. The van der Waals surface area contributed by atoms with Crippen LogP contribution in [-0.4, -0.2) is 62.2 Å². The topological polar surface area (TPSA) is 110 Å². The van der Waals surface area contributed by atoms with Crippen molar-refractivity contribution in [1.29, 1.82) is 0 Å². The third kappa shape index (κ3) is 9.54. The molecule has 3 fully saturated rings. The third-order valence-electron chi connectivity index (χ3n) is 7.87. The molecular formula is C33H44O9. The number of hydrogen-bond donors (Lipinski definition) is 1. The highest BCUT2D eigenvalue weighted by molar-refractivity contribution is 5.83. The lowest BCUT2D eigenvalue weighted by Gasteiger charge is -2.37. The zero-order valence-electron chi connectivity index (χ0n) is 24.5. The number of ether oxygens (including phenoxy) is 6. The maximum Gasteiger partial charge on any atom is 0.364 e. The van der Waals surface area contributed by atoms with Crippen LogP contribution < -0.4 is 9.47 Å². The fourth-order valence-corrected chi connectivity index (χ4v) is 5.48. The standard InChI is InChI=1S/C33H44O9/c1-37-26-16-18-27(19-17-26)38-22-8-4-11-25-15-20-29(34)28(25)12-3-2-7-21-33(32(35)36,41-30-13-5-9-23-39-30)42-31-14-6-10-24-40-31/h3-4,7,11,16-19,25,28,30-31H,5-6,8-10,12-15,20-24H2,1H3,(H,35,36)/b11-4+/t2?,25-,28+,30?,31?,33?/m0/s1. The van der Waals surface area contributed by atoms with Crippen molar-refractivity contribution in [3.05, 3.63) is 54.3 Å². The van der Waals surface area contributed by atoms with Crippen molar-refractivity contribution >= 4 is 11.8 Å². The zero-order valence-corrected chi connectivity index (χ0v) is 24.5. The molecule has 1 aliphatic carbocycles. The molecule has 4 atom stereocenters. The van der Waals surface area contributed by atoms with Crippen molar-refractivity contribution in [2.24, 2.45) is 11.8 Å². The maximum atomic E-state index is 12.6. The van der Waals surface area contributed by atoms with Gasteiger partial charge in [-0.15, -0.1) is 5.73 Å². The lowest BCUT2D eigenvalue weighted by atomic mass is 9.91. The van der Waals surface area contributed by atoms with Gasteiger partial charge >= 0.3 is 5.97 Å². The Morgan fingerprint density at radius 3 is 2.26 bits per heavy atom. The number of hydrogen-bond acceptors (Lipinski definition) is 8. The molecular weight excluding hydrogens is 540 g/mol. The number of benzene rings is 1. The van der Waals surface area contributed by atoms with Crippen LogP contribution in [0.3, 0.4) is 0 Å². The second-order valence-electron chi connectivity index (χ2n) is 10.9. The number of allylic oxidation sites excluding steroid dienone is 1. The SMILES string of the molecule is COc1ccc(OCC/C=C/[C@H]2CCC(=O)[C@@H]2CC=C=CCC(OC2CCCCO2)(OC2CCCCO2)C(=O)O)cc1. The fourth-order valence-electron chi connectivity index (χ4n) is 5.48. The van der Waals surface area contributed by atoms with Crippen LogP contribution in [0.25, 0.3) is 0 Å². The summed E-state index contributed by atoms with van der Waals surface area (Å²) in [5.41, 5.74) is 3.08. The van der Waals surface area contributed by atoms with E-state index in [4.69, 9.17) is 28.4 Å². The average molecular weight is 585 g/mol. The Balaban J connectivity index is 1.31. The van der Waals surface area contributed by atoms with E-state index in [1.54, 1.807) is 13.2 Å². The van der Waals surface area contributed by atoms with E-state index in [2.05, 4.69) is 17.9 Å². The summed E-state index contributed by atoms with van der Waals surface area (Å²) in [6.45, 7) is 1.59. The summed E-state index contributed by atoms with van der Waals surface area (Å²) in [6, 6.07) is 7.47. The van der Waals surface area contributed by atoms with Gasteiger partial charge in [-0.3, -0.25) is 4.79 Å². The van der Waals surface area contributed by atoms with Crippen molar-refractivity contribution in [3.63, 3.8) is 0 Å². The molecule has 1 aromatic rings. The second-order valence-corrected chi connectivity index (χ2v) is 10.9. The van der Waals surface area contributed by atoms with Gasteiger partial charge in [0.05, 0.1) is 13.7 Å². The molecule has 42 heavy (non-hydrogen) atoms. The van der Waals surface area contributed by atoms with Gasteiger partial charge in [0.1, 0.15) is 17.3 Å². The molecule has 1 saturated carbocycles. The molecule has 9 nitrogen and oxygen atoms in total. The van der Waals surface area contributed by atoms with Crippen LogP contribution in [0.2, 0.25) is 0 Å². The lowest BCUT2D eigenvalue weighted by molar-refractivity contribution is -0.349. The summed E-state index contributed by atoms with van der Waals surface area (Å²) in [7, 11) is 1.63. The molecule has 2 heterocycles. The fraction of sp³-hybridized carbons (Fsp3) is 0.606. The smallest absolute Gasteiger partial charge is 0.364 e. The number of ketones is 1. The van der Waals surface area contributed by atoms with Crippen LogP contribution in [0.1, 0.15) is 70.6 Å². The van der Waals surface area contributed by atoms with E-state index in [0.717, 1.165) is 50.0 Å². The zero-order chi connectivity index (χ0) is 29.6. The summed E-state index contributed by atoms with van der Waals surface area (Å²) >= 11 is 0. The van der Waals surface area contributed by atoms with E-state index in [9.17, 15) is 14.7 Å². The molecule has 0 amide bonds. The molecule has 4 rings (SSSR count). The number of carbonyl (C=O) groups is 2. The summed E-state index contributed by atoms with van der Waals surface area (Å²) in [5, 5.41) is 10.2. The molecule has 0 aromatic heterocycles. The first-order chi connectivity index (χ1) is 20.5. The van der Waals surface area contributed by atoms with E-state index in [1.165, 1.54) is 0 Å². The van der Waals surface area contributed by atoms with Gasteiger partial charge in [-0.2, -0.15) is 0 Å². The molecule has 0 spiro atoms. The van der Waals surface area contributed by atoms with E-state index >= 15 is 0 Å². The largest absolute Gasteiger partial charge is 0.497 e. The summed E-state index contributed by atoms with van der Waals surface area (Å²) < 4.78 is 34.2. The predicted octanol–water partition coefficient (Wildman–Crippen LogP) is 5.97. The Bertz CT molecular complexity index is 1060. The van der Waals surface area contributed by atoms with E-state index in [-0.39, 0.29) is 24.0 Å². The van der Waals surface area contributed by atoms with Crippen LogP contribution >= 0.6 is 0 Å². The number of carboxylic acids is 1. The molecule has 2 saturated heterocycles. The first-order valence-electron chi connectivity index (χ1n) is 15.2. The first-order valence-corrected chi connectivity index (χ1v) is 15.2. The summed E-state index contributed by atoms with van der Waals surface area (Å²) in [4.78, 5) is 25.1. The molecule has 1 aromatic carbocycles. The van der Waals surface area contributed by atoms with Crippen molar-refractivity contribution in [2.75, 3.05) is 26.9 Å². The van der Waals surface area contributed by atoms with Gasteiger partial charge in [0, 0.05) is 32.0 Å². The molecule has 0 bridgehead atoms. The van der Waals surface area contributed by atoms with Crippen molar-refractivity contribution in [1.82, 2.24) is 0 Å². The van der Waals surface area contributed by atoms with Gasteiger partial charge in [0.15, 0.2) is 12.6 Å². The number of aliphatic carboxylic acids is 1. The number of methoxy groups -OCH3 is 1. The van der Waals surface area contributed by atoms with Crippen LogP contribution in [0, 0.1) is 11.8 Å². The van der Waals surface area contributed by atoms with E-state index in [0.29, 0.717) is 45.5 Å². The number of carboxylic acid groups (broad SMARTS) is 1. The first kappa shape index (κ1) is 32.0.